The van der Waals surface area contributed by atoms with Gasteiger partial charge in [0.05, 0.1) is 6.54 Å². The molecule has 3 amide bonds. The molecule has 0 bridgehead atoms. The molecule has 0 aromatic carbocycles. The molecule has 4 heteroatoms. The predicted molar refractivity (Wildman–Crippen MR) is 24.8 cm³/mol. The number of carbonyl (C=O) groups is 2. The number of amides is 3. The maximum absolute atomic E-state index is 10.1. The molecular weight excluding hydrogens is 108 g/mol. The molecule has 0 saturated carbocycles. The Morgan fingerprint density at radius 2 is 2.00 bits per heavy atom. The normalized spacial score (nSPS) is 16.5. The minimum Gasteiger partial charge on any atom is -0.329 e. The summed E-state index contributed by atoms with van der Waals surface area (Å²) in [7, 11) is 0. The van der Waals surface area contributed by atoms with Crippen molar-refractivity contribution in [2.24, 2.45) is 0 Å². The monoisotopic (exact) mass is 112 g/mol. The minimum atomic E-state index is -0.398. The molecule has 1 rings (SSSR count). The van der Waals surface area contributed by atoms with E-state index in [0.29, 0.717) is 0 Å². The summed E-state index contributed by atoms with van der Waals surface area (Å²) in [5.74, 6) is -0.259. The lowest BCUT2D eigenvalue weighted by Crippen LogP contribution is -2.22. The van der Waals surface area contributed by atoms with E-state index in [0.717, 1.165) is 0 Å². The lowest BCUT2D eigenvalue weighted by Gasteiger charge is -1.78. The molecule has 4 nitrogen and oxygen atoms in total. The number of nitrogens with one attached hydrogen (secondary N) is 2. The third kappa shape index (κ3) is 1.22. The average molecular weight is 112 g/mol. The molecular formula is C4H4N2O2. The lowest BCUT2D eigenvalue weighted by atomic mass is 10.7. The smallest absolute Gasteiger partial charge is 0.321 e. The van der Waals surface area contributed by atoms with Crippen LogP contribution in [0.3, 0.4) is 0 Å². The van der Waals surface area contributed by atoms with Crippen molar-refractivity contribution in [3.05, 3.63) is 7.43 Å². The van der Waals surface area contributed by atoms with Gasteiger partial charge in [0, 0.05) is 7.43 Å². The van der Waals surface area contributed by atoms with Crippen molar-refractivity contribution in [1.82, 2.24) is 10.6 Å². The van der Waals surface area contributed by atoms with Gasteiger partial charge < -0.3 is 5.32 Å². The Labute approximate surface area is 47.3 Å². The fraction of sp³-hybridized carbons (Fsp3) is 0.250. The van der Waals surface area contributed by atoms with Crippen LogP contribution in [0.25, 0.3) is 0 Å². The lowest BCUT2D eigenvalue weighted by molar-refractivity contribution is -0.117. The van der Waals surface area contributed by atoms with Gasteiger partial charge in [-0.1, -0.05) is 0 Å². The van der Waals surface area contributed by atoms with Gasteiger partial charge in [0.1, 0.15) is 0 Å². The van der Waals surface area contributed by atoms with Crippen LogP contribution in [-0.4, -0.2) is 18.5 Å². The van der Waals surface area contributed by atoms with Crippen molar-refractivity contribution >= 4 is 11.9 Å². The van der Waals surface area contributed by atoms with Gasteiger partial charge in [0.15, 0.2) is 0 Å². The van der Waals surface area contributed by atoms with Gasteiger partial charge in [-0.3, -0.25) is 10.1 Å². The Balaban J connectivity index is 0.000000490. The largest absolute Gasteiger partial charge is 0.329 e. The summed E-state index contributed by atoms with van der Waals surface area (Å²) in [6.45, 7) is 0.124. The summed E-state index contributed by atoms with van der Waals surface area (Å²) < 4.78 is 0. The van der Waals surface area contributed by atoms with Crippen LogP contribution in [0.2, 0.25) is 0 Å². The Hall–Kier alpha value is -1.06. The van der Waals surface area contributed by atoms with Crippen molar-refractivity contribution in [2.75, 3.05) is 6.54 Å². The number of urea groups is 1. The van der Waals surface area contributed by atoms with E-state index in [1.165, 1.54) is 0 Å². The van der Waals surface area contributed by atoms with Gasteiger partial charge in [-0.05, 0) is 0 Å². The van der Waals surface area contributed by atoms with E-state index in [1.807, 2.05) is 5.32 Å². The van der Waals surface area contributed by atoms with E-state index in [-0.39, 0.29) is 19.9 Å². The van der Waals surface area contributed by atoms with Gasteiger partial charge in [-0.15, -0.1) is 0 Å². The maximum Gasteiger partial charge on any atom is 0.321 e. The van der Waals surface area contributed by atoms with Crippen LogP contribution >= 0.6 is 0 Å². The molecule has 0 aromatic heterocycles. The highest BCUT2D eigenvalue weighted by molar-refractivity contribution is 6.01. The molecule has 1 aliphatic heterocycles. The first kappa shape index (κ1) is 6.94. The number of hydrogen-bond donors (Lipinski definition) is 2. The van der Waals surface area contributed by atoms with E-state index in [2.05, 4.69) is 5.32 Å². The average Bonchev–Trinajstić information content (AvgIpc) is 1.87. The SMILES string of the molecule is O=C1CNC(=O)N1.[C]. The molecule has 1 saturated heterocycles. The third-order valence-electron chi connectivity index (χ3n) is 0.662. The summed E-state index contributed by atoms with van der Waals surface area (Å²) in [5, 5.41) is 4.30. The van der Waals surface area contributed by atoms with Gasteiger partial charge in [-0.2, -0.15) is 0 Å². The first-order valence-electron chi connectivity index (χ1n) is 1.87. The second-order valence-electron chi connectivity index (χ2n) is 1.23. The number of carbonyl (C=O) groups excluding carboxylic acids is 2. The molecule has 2 N–H and O–H groups in total. The molecule has 42 valence electrons. The highest BCUT2D eigenvalue weighted by Crippen LogP contribution is 1.73. The Morgan fingerprint density at radius 3 is 2.12 bits per heavy atom. The van der Waals surface area contributed by atoms with Crippen molar-refractivity contribution < 1.29 is 9.59 Å². The topological polar surface area (TPSA) is 58.2 Å². The van der Waals surface area contributed by atoms with Crippen LogP contribution < -0.4 is 10.6 Å². The summed E-state index contributed by atoms with van der Waals surface area (Å²) in [5.41, 5.74) is 0. The predicted octanol–water partition coefficient (Wildman–Crippen LogP) is -1.09. The van der Waals surface area contributed by atoms with Crippen LogP contribution in [0, 0.1) is 7.43 Å². The summed E-state index contributed by atoms with van der Waals surface area (Å²) in [4.78, 5) is 20.1. The summed E-state index contributed by atoms with van der Waals surface area (Å²) in [6, 6.07) is -0.398. The minimum absolute atomic E-state index is 0. The first-order valence-corrected chi connectivity index (χ1v) is 1.87. The van der Waals surface area contributed by atoms with Crippen LogP contribution in [0.1, 0.15) is 0 Å². The van der Waals surface area contributed by atoms with Crippen LogP contribution in [-0.2, 0) is 4.79 Å². The van der Waals surface area contributed by atoms with Crippen LogP contribution in [0.4, 0.5) is 4.79 Å². The molecule has 8 heavy (non-hydrogen) atoms. The number of hydrogen-bond acceptors (Lipinski definition) is 2. The molecule has 4 radical (unpaired) electrons. The molecule has 0 unspecified atom stereocenters. The van der Waals surface area contributed by atoms with Gasteiger partial charge >= 0.3 is 6.03 Å². The standard InChI is InChI=1S/C3H4N2O2.C/c6-2-1-4-3(7)5-2;/h1H2,(H2,4,5,6,7);. The maximum atomic E-state index is 10.1. The molecule has 1 heterocycles. The summed E-state index contributed by atoms with van der Waals surface area (Å²) in [6.07, 6.45) is 0. The molecule has 0 atom stereocenters. The van der Waals surface area contributed by atoms with Crippen LogP contribution in [0.5, 0.6) is 0 Å². The quantitative estimate of drug-likeness (QED) is 0.391. The molecule has 0 aromatic rings. The van der Waals surface area contributed by atoms with Gasteiger partial charge in [0.2, 0.25) is 5.91 Å². The second-order valence-corrected chi connectivity index (χ2v) is 1.23. The van der Waals surface area contributed by atoms with Crippen molar-refractivity contribution in [2.45, 2.75) is 0 Å². The third-order valence-corrected chi connectivity index (χ3v) is 0.662. The van der Waals surface area contributed by atoms with Crippen molar-refractivity contribution in [3.8, 4) is 0 Å². The molecule has 1 aliphatic rings. The van der Waals surface area contributed by atoms with Crippen molar-refractivity contribution in [3.63, 3.8) is 0 Å². The van der Waals surface area contributed by atoms with Gasteiger partial charge in [0.25, 0.3) is 0 Å². The van der Waals surface area contributed by atoms with E-state index in [1.54, 1.807) is 0 Å². The van der Waals surface area contributed by atoms with E-state index >= 15 is 0 Å². The fourth-order valence-electron chi connectivity index (χ4n) is 0.376. The van der Waals surface area contributed by atoms with Gasteiger partial charge in [-0.25, -0.2) is 4.79 Å². The van der Waals surface area contributed by atoms with E-state index in [9.17, 15) is 9.59 Å². The number of imide groups is 1. The fourth-order valence-corrected chi connectivity index (χ4v) is 0.376. The van der Waals surface area contributed by atoms with Crippen LogP contribution in [0.15, 0.2) is 0 Å². The van der Waals surface area contributed by atoms with E-state index in [4.69, 9.17) is 0 Å². The highest BCUT2D eigenvalue weighted by Gasteiger charge is 2.14. The zero-order valence-electron chi connectivity index (χ0n) is 4.02. The molecule has 1 fully saturated rings. The van der Waals surface area contributed by atoms with Crippen molar-refractivity contribution in [1.29, 1.82) is 0 Å². The highest BCUT2D eigenvalue weighted by atomic mass is 16.2. The zero-order chi connectivity index (χ0) is 5.28. The Kier molecular flexibility index (Phi) is 1.99. The summed E-state index contributed by atoms with van der Waals surface area (Å²) >= 11 is 0. The Bertz CT molecular complexity index is 107. The first-order chi connectivity index (χ1) is 3.29. The Morgan fingerprint density at radius 1 is 1.38 bits per heavy atom. The van der Waals surface area contributed by atoms with E-state index < -0.39 is 6.03 Å². The molecule has 0 aliphatic carbocycles. The molecule has 0 spiro atoms. The second kappa shape index (κ2) is 2.30. The number of rotatable bonds is 0. The zero-order valence-corrected chi connectivity index (χ0v) is 4.02.